The molecule has 116 valence electrons. The molecule has 0 saturated carbocycles. The molecule has 0 aliphatic heterocycles. The Morgan fingerprint density at radius 3 is 2.62 bits per heavy atom. The molecular formula is C14H20F2N4O. The standard InChI is InChI=1S/C14H20F2N4O/c1-9(13-17-6-11(21-13)14(2,3)4)19-10-5-18-20(7-10)8-12(15)16/h5-7,9,12,19H,8H2,1-4H3/t9-/m0/s1. The minimum atomic E-state index is -2.42. The van der Waals surface area contributed by atoms with Crippen LogP contribution in [0.15, 0.2) is 23.0 Å². The summed E-state index contributed by atoms with van der Waals surface area (Å²) in [6, 6.07) is -0.176. The first-order chi connectivity index (χ1) is 9.75. The lowest BCUT2D eigenvalue weighted by Crippen LogP contribution is -2.10. The van der Waals surface area contributed by atoms with E-state index in [-0.39, 0.29) is 11.5 Å². The van der Waals surface area contributed by atoms with E-state index in [9.17, 15) is 8.78 Å². The maximum absolute atomic E-state index is 12.3. The average Bonchev–Trinajstić information content (AvgIpc) is 2.96. The molecule has 2 heterocycles. The third-order valence-electron chi connectivity index (χ3n) is 2.97. The molecule has 1 N–H and O–H groups in total. The van der Waals surface area contributed by atoms with Crippen molar-refractivity contribution in [3.8, 4) is 0 Å². The largest absolute Gasteiger partial charge is 0.443 e. The van der Waals surface area contributed by atoms with Crippen molar-refractivity contribution >= 4 is 5.69 Å². The number of halogens is 2. The SMILES string of the molecule is C[C@H](Nc1cnn(CC(F)F)c1)c1ncc(C(C)(C)C)o1. The Kier molecular flexibility index (Phi) is 4.29. The van der Waals surface area contributed by atoms with Crippen LogP contribution in [0.4, 0.5) is 14.5 Å². The second-order valence-corrected chi connectivity index (χ2v) is 6.02. The third kappa shape index (κ3) is 4.03. The van der Waals surface area contributed by atoms with Gasteiger partial charge in [-0.15, -0.1) is 0 Å². The predicted molar refractivity (Wildman–Crippen MR) is 75.5 cm³/mol. The maximum Gasteiger partial charge on any atom is 0.257 e. The summed E-state index contributed by atoms with van der Waals surface area (Å²) < 4.78 is 31.5. The van der Waals surface area contributed by atoms with Crippen LogP contribution in [0.2, 0.25) is 0 Å². The van der Waals surface area contributed by atoms with Crippen LogP contribution in [0, 0.1) is 0 Å². The zero-order valence-corrected chi connectivity index (χ0v) is 12.6. The highest BCUT2D eigenvalue weighted by Gasteiger charge is 2.21. The molecule has 0 unspecified atom stereocenters. The van der Waals surface area contributed by atoms with E-state index in [1.165, 1.54) is 17.1 Å². The Morgan fingerprint density at radius 1 is 1.33 bits per heavy atom. The molecule has 0 saturated heterocycles. The number of nitrogens with one attached hydrogen (secondary N) is 1. The summed E-state index contributed by atoms with van der Waals surface area (Å²) in [6.07, 6.45) is 2.34. The van der Waals surface area contributed by atoms with Crippen LogP contribution in [-0.2, 0) is 12.0 Å². The van der Waals surface area contributed by atoms with Crippen LogP contribution < -0.4 is 5.32 Å². The van der Waals surface area contributed by atoms with Crippen LogP contribution in [0.3, 0.4) is 0 Å². The topological polar surface area (TPSA) is 55.9 Å². The van der Waals surface area contributed by atoms with Gasteiger partial charge in [-0.1, -0.05) is 20.8 Å². The van der Waals surface area contributed by atoms with Crippen LogP contribution >= 0.6 is 0 Å². The van der Waals surface area contributed by atoms with Crippen molar-refractivity contribution in [1.82, 2.24) is 14.8 Å². The van der Waals surface area contributed by atoms with E-state index in [2.05, 4.69) is 15.4 Å². The summed E-state index contributed by atoms with van der Waals surface area (Å²) in [6.45, 7) is 7.61. The van der Waals surface area contributed by atoms with Crippen molar-refractivity contribution in [2.45, 2.75) is 52.1 Å². The lowest BCUT2D eigenvalue weighted by Gasteiger charge is -2.14. The van der Waals surface area contributed by atoms with Gasteiger partial charge in [-0.25, -0.2) is 13.8 Å². The number of rotatable bonds is 5. The molecular weight excluding hydrogens is 278 g/mol. The number of anilines is 1. The Bertz CT molecular complexity index is 586. The molecule has 0 bridgehead atoms. The predicted octanol–water partition coefficient (Wildman–Crippen LogP) is 3.61. The molecule has 2 aromatic heterocycles. The lowest BCUT2D eigenvalue weighted by atomic mass is 9.94. The number of aromatic nitrogens is 3. The first-order valence-corrected chi connectivity index (χ1v) is 6.79. The number of alkyl halides is 2. The second kappa shape index (κ2) is 5.83. The van der Waals surface area contributed by atoms with Crippen molar-refractivity contribution < 1.29 is 13.2 Å². The lowest BCUT2D eigenvalue weighted by molar-refractivity contribution is 0.122. The molecule has 0 radical (unpaired) electrons. The number of hydrogen-bond donors (Lipinski definition) is 1. The zero-order valence-electron chi connectivity index (χ0n) is 12.6. The zero-order chi connectivity index (χ0) is 15.6. The van der Waals surface area contributed by atoms with Gasteiger partial charge in [0.25, 0.3) is 6.43 Å². The fraction of sp³-hybridized carbons (Fsp3) is 0.571. The molecule has 0 amide bonds. The van der Waals surface area contributed by atoms with Gasteiger partial charge in [0.1, 0.15) is 18.3 Å². The average molecular weight is 298 g/mol. The van der Waals surface area contributed by atoms with Crippen LogP contribution in [-0.4, -0.2) is 21.2 Å². The van der Waals surface area contributed by atoms with Gasteiger partial charge in [-0.2, -0.15) is 5.10 Å². The summed E-state index contributed by atoms with van der Waals surface area (Å²) in [5, 5.41) is 7.00. The maximum atomic E-state index is 12.3. The van der Waals surface area contributed by atoms with E-state index in [1.807, 2.05) is 27.7 Å². The van der Waals surface area contributed by atoms with E-state index in [1.54, 1.807) is 6.20 Å². The minimum Gasteiger partial charge on any atom is -0.443 e. The quantitative estimate of drug-likeness (QED) is 0.916. The monoisotopic (exact) mass is 298 g/mol. The fourth-order valence-electron chi connectivity index (χ4n) is 1.83. The number of oxazole rings is 1. The Morgan fingerprint density at radius 2 is 2.05 bits per heavy atom. The molecule has 7 heteroatoms. The van der Waals surface area contributed by atoms with Crippen LogP contribution in [0.5, 0.6) is 0 Å². The van der Waals surface area contributed by atoms with E-state index in [0.717, 1.165) is 5.76 Å². The molecule has 5 nitrogen and oxygen atoms in total. The summed E-state index contributed by atoms with van der Waals surface area (Å²) in [4.78, 5) is 4.26. The van der Waals surface area contributed by atoms with Crippen molar-refractivity contribution in [1.29, 1.82) is 0 Å². The highest BCUT2D eigenvalue weighted by molar-refractivity contribution is 5.39. The van der Waals surface area contributed by atoms with Gasteiger partial charge in [-0.05, 0) is 6.92 Å². The molecule has 0 aliphatic carbocycles. The van der Waals surface area contributed by atoms with E-state index >= 15 is 0 Å². The highest BCUT2D eigenvalue weighted by atomic mass is 19.3. The highest BCUT2D eigenvalue weighted by Crippen LogP contribution is 2.26. The summed E-state index contributed by atoms with van der Waals surface area (Å²) in [7, 11) is 0. The van der Waals surface area contributed by atoms with Gasteiger partial charge < -0.3 is 9.73 Å². The molecule has 2 aromatic rings. The van der Waals surface area contributed by atoms with Gasteiger partial charge in [-0.3, -0.25) is 4.68 Å². The summed E-state index contributed by atoms with van der Waals surface area (Å²) in [5.74, 6) is 1.36. The van der Waals surface area contributed by atoms with E-state index in [0.29, 0.717) is 11.6 Å². The van der Waals surface area contributed by atoms with Crippen LogP contribution in [0.1, 0.15) is 45.4 Å². The Labute approximate surface area is 122 Å². The van der Waals surface area contributed by atoms with Crippen LogP contribution in [0.25, 0.3) is 0 Å². The van der Waals surface area contributed by atoms with Gasteiger partial charge in [0.15, 0.2) is 0 Å². The molecule has 0 spiro atoms. The molecule has 1 atom stereocenters. The van der Waals surface area contributed by atoms with Gasteiger partial charge in [0.2, 0.25) is 5.89 Å². The van der Waals surface area contributed by atoms with Crippen molar-refractivity contribution in [3.63, 3.8) is 0 Å². The molecule has 0 aliphatic rings. The summed E-state index contributed by atoms with van der Waals surface area (Å²) >= 11 is 0. The normalized spacial score (nSPS) is 13.7. The van der Waals surface area contributed by atoms with E-state index < -0.39 is 13.0 Å². The molecule has 21 heavy (non-hydrogen) atoms. The molecule has 2 rings (SSSR count). The second-order valence-electron chi connectivity index (χ2n) is 6.02. The minimum absolute atomic E-state index is 0.104. The number of nitrogens with zero attached hydrogens (tertiary/aromatic N) is 3. The number of hydrogen-bond acceptors (Lipinski definition) is 4. The molecule has 0 fully saturated rings. The van der Waals surface area contributed by atoms with Gasteiger partial charge in [0, 0.05) is 11.6 Å². The van der Waals surface area contributed by atoms with Crippen molar-refractivity contribution in [2.24, 2.45) is 0 Å². The Balaban J connectivity index is 2.02. The fourth-order valence-corrected chi connectivity index (χ4v) is 1.83. The van der Waals surface area contributed by atoms with E-state index in [4.69, 9.17) is 4.42 Å². The van der Waals surface area contributed by atoms with Gasteiger partial charge >= 0.3 is 0 Å². The first-order valence-electron chi connectivity index (χ1n) is 6.79. The smallest absolute Gasteiger partial charge is 0.257 e. The summed E-state index contributed by atoms with van der Waals surface area (Å²) in [5.41, 5.74) is 0.547. The van der Waals surface area contributed by atoms with Crippen molar-refractivity contribution in [2.75, 3.05) is 5.32 Å². The van der Waals surface area contributed by atoms with Crippen molar-refractivity contribution in [3.05, 3.63) is 30.2 Å². The third-order valence-corrected chi connectivity index (χ3v) is 2.97. The Hall–Kier alpha value is -1.92. The molecule has 0 aromatic carbocycles. The first kappa shape index (κ1) is 15.5. The van der Waals surface area contributed by atoms with Gasteiger partial charge in [0.05, 0.1) is 18.1 Å².